The number of nitrogens with zero attached hydrogens (tertiary/aromatic N) is 4. The number of benzene rings is 1. The summed E-state index contributed by atoms with van der Waals surface area (Å²) in [4.78, 5) is 13.5. The number of aliphatic imine (C=N–C) groups is 2. The SMILES string of the molecule is C=N/C(=C\C(C)=NCN)N1CCCCC[C@@H]1c1ccc(N2CCC(C)(C)CC2)cc1Cl. The van der Waals surface area contributed by atoms with Gasteiger partial charge in [0.1, 0.15) is 5.82 Å². The van der Waals surface area contributed by atoms with Gasteiger partial charge >= 0.3 is 0 Å². The van der Waals surface area contributed by atoms with E-state index >= 15 is 0 Å². The van der Waals surface area contributed by atoms with E-state index in [0.717, 1.165) is 49.0 Å². The number of hydrogen-bond donors (Lipinski definition) is 1. The van der Waals surface area contributed by atoms with Crippen molar-refractivity contribution in [2.24, 2.45) is 21.1 Å². The summed E-state index contributed by atoms with van der Waals surface area (Å²) in [6.45, 7) is 13.9. The molecule has 2 saturated heterocycles. The first-order valence-electron chi connectivity index (χ1n) is 11.6. The normalized spacial score (nSPS) is 22.9. The molecule has 2 N–H and O–H groups in total. The summed E-state index contributed by atoms with van der Waals surface area (Å²) in [5, 5.41) is 0.843. The van der Waals surface area contributed by atoms with E-state index in [-0.39, 0.29) is 12.7 Å². The molecule has 2 fully saturated rings. The maximum Gasteiger partial charge on any atom is 0.130 e. The van der Waals surface area contributed by atoms with Crippen LogP contribution in [0.15, 0.2) is 40.1 Å². The lowest BCUT2D eigenvalue weighted by atomic mass is 9.82. The van der Waals surface area contributed by atoms with Crippen LogP contribution in [0.3, 0.4) is 0 Å². The van der Waals surface area contributed by atoms with Gasteiger partial charge in [-0.1, -0.05) is 44.4 Å². The van der Waals surface area contributed by atoms with Gasteiger partial charge in [0.15, 0.2) is 0 Å². The highest BCUT2D eigenvalue weighted by Gasteiger charge is 2.28. The van der Waals surface area contributed by atoms with Crippen molar-refractivity contribution in [2.75, 3.05) is 31.2 Å². The highest BCUT2D eigenvalue weighted by atomic mass is 35.5. The number of halogens is 1. The second-order valence-corrected chi connectivity index (χ2v) is 9.97. The highest BCUT2D eigenvalue weighted by molar-refractivity contribution is 6.31. The summed E-state index contributed by atoms with van der Waals surface area (Å²) in [7, 11) is 0. The predicted octanol–water partition coefficient (Wildman–Crippen LogP) is 5.80. The van der Waals surface area contributed by atoms with Crippen molar-refractivity contribution in [3.8, 4) is 0 Å². The number of hydrogen-bond acceptors (Lipinski definition) is 5. The quantitative estimate of drug-likeness (QED) is 0.565. The minimum atomic E-state index is 0.187. The Hall–Kier alpha value is -1.85. The first kappa shape index (κ1) is 23.8. The molecule has 170 valence electrons. The van der Waals surface area contributed by atoms with Crippen molar-refractivity contribution in [3.05, 3.63) is 40.7 Å². The second-order valence-electron chi connectivity index (χ2n) is 9.56. The molecule has 0 unspecified atom stereocenters. The van der Waals surface area contributed by atoms with Gasteiger partial charge in [-0.25, -0.2) is 4.99 Å². The zero-order valence-electron chi connectivity index (χ0n) is 19.4. The number of anilines is 1. The summed E-state index contributed by atoms with van der Waals surface area (Å²) >= 11 is 6.90. The van der Waals surface area contributed by atoms with Crippen LogP contribution >= 0.6 is 11.6 Å². The molecule has 0 saturated carbocycles. The van der Waals surface area contributed by atoms with E-state index < -0.39 is 0 Å². The summed E-state index contributed by atoms with van der Waals surface area (Å²) in [6.07, 6.45) is 8.99. The molecule has 0 spiro atoms. The van der Waals surface area contributed by atoms with Gasteiger partial charge in [0.2, 0.25) is 0 Å². The van der Waals surface area contributed by atoms with Gasteiger partial charge < -0.3 is 15.5 Å². The van der Waals surface area contributed by atoms with Crippen LogP contribution < -0.4 is 10.6 Å². The molecule has 0 radical (unpaired) electrons. The van der Waals surface area contributed by atoms with Crippen molar-refractivity contribution in [2.45, 2.75) is 65.3 Å². The molecule has 0 aliphatic carbocycles. The van der Waals surface area contributed by atoms with Crippen molar-refractivity contribution in [1.29, 1.82) is 0 Å². The minimum absolute atomic E-state index is 0.187. The molecule has 2 heterocycles. The van der Waals surface area contributed by atoms with Crippen LogP contribution in [0.25, 0.3) is 0 Å². The Morgan fingerprint density at radius 3 is 2.61 bits per heavy atom. The van der Waals surface area contributed by atoms with Gasteiger partial charge in [-0.2, -0.15) is 0 Å². The Bertz CT molecular complexity index is 819. The molecule has 1 atom stereocenters. The molecule has 2 aliphatic rings. The van der Waals surface area contributed by atoms with Gasteiger partial charge in [0, 0.05) is 42.1 Å². The number of allylic oxidation sites excluding steroid dienone is 1. The molecule has 1 aromatic carbocycles. The third kappa shape index (κ3) is 6.11. The maximum atomic E-state index is 6.90. The number of piperidine rings is 1. The molecular formula is C25H38ClN5. The van der Waals surface area contributed by atoms with E-state index in [1.807, 2.05) is 13.0 Å². The van der Waals surface area contributed by atoms with Crippen LogP contribution in [-0.2, 0) is 0 Å². The molecule has 1 aromatic rings. The molecule has 6 heteroatoms. The van der Waals surface area contributed by atoms with Crippen molar-refractivity contribution in [3.63, 3.8) is 0 Å². The molecule has 0 bridgehead atoms. The highest BCUT2D eigenvalue weighted by Crippen LogP contribution is 2.39. The van der Waals surface area contributed by atoms with Crippen molar-refractivity contribution in [1.82, 2.24) is 4.90 Å². The Morgan fingerprint density at radius 1 is 1.23 bits per heavy atom. The van der Waals surface area contributed by atoms with Crippen LogP contribution in [-0.4, -0.2) is 43.6 Å². The third-order valence-electron chi connectivity index (χ3n) is 6.71. The summed E-state index contributed by atoms with van der Waals surface area (Å²) in [6, 6.07) is 6.81. The van der Waals surface area contributed by atoms with E-state index in [9.17, 15) is 0 Å². The first-order chi connectivity index (χ1) is 14.8. The lowest BCUT2D eigenvalue weighted by Gasteiger charge is -2.38. The largest absolute Gasteiger partial charge is 0.371 e. The van der Waals surface area contributed by atoms with Crippen LogP contribution in [0, 0.1) is 5.41 Å². The molecular weight excluding hydrogens is 406 g/mol. The van der Waals surface area contributed by atoms with Crippen LogP contribution in [0.4, 0.5) is 5.69 Å². The van der Waals surface area contributed by atoms with Gasteiger partial charge in [-0.3, -0.25) is 4.99 Å². The molecule has 0 aromatic heterocycles. The Morgan fingerprint density at radius 2 is 1.97 bits per heavy atom. The fourth-order valence-electron chi connectivity index (χ4n) is 4.65. The van der Waals surface area contributed by atoms with E-state index in [0.29, 0.717) is 5.41 Å². The number of likely N-dealkylation sites (tertiary alicyclic amines) is 1. The fraction of sp³-hybridized carbons (Fsp3) is 0.600. The summed E-state index contributed by atoms with van der Waals surface area (Å²) < 4.78 is 0. The van der Waals surface area contributed by atoms with Crippen molar-refractivity contribution >= 4 is 29.7 Å². The van der Waals surface area contributed by atoms with E-state index in [1.165, 1.54) is 36.9 Å². The zero-order chi connectivity index (χ0) is 22.4. The van der Waals surface area contributed by atoms with Gasteiger partial charge in [0.25, 0.3) is 0 Å². The first-order valence-corrected chi connectivity index (χ1v) is 11.9. The fourth-order valence-corrected chi connectivity index (χ4v) is 4.96. The van der Waals surface area contributed by atoms with E-state index in [4.69, 9.17) is 17.3 Å². The molecule has 5 nitrogen and oxygen atoms in total. The standard InChI is InChI=1S/C25H38ClN5/c1-19(29-18-27)16-24(28-4)31-13-7-5-6-8-23(31)21-10-9-20(17-22(21)26)30-14-11-25(2,3)12-15-30/h9-10,16-17,23H,4-8,11-15,18,27H2,1-3H3/b24-16+,29-19?/t23-/m1/s1. The lowest BCUT2D eigenvalue weighted by Crippen LogP contribution is -2.37. The van der Waals surface area contributed by atoms with Gasteiger partial charge in [-0.05, 0) is 62.4 Å². The van der Waals surface area contributed by atoms with Crippen molar-refractivity contribution < 1.29 is 0 Å². The van der Waals surface area contributed by atoms with Crippen LogP contribution in [0.2, 0.25) is 5.02 Å². The Labute approximate surface area is 193 Å². The Kier molecular flexibility index (Phi) is 8.17. The molecule has 3 rings (SSSR count). The number of rotatable bonds is 6. The molecule has 0 amide bonds. The summed E-state index contributed by atoms with van der Waals surface area (Å²) in [5.74, 6) is 0.847. The third-order valence-corrected chi connectivity index (χ3v) is 7.04. The zero-order valence-corrected chi connectivity index (χ0v) is 20.2. The number of nitrogens with two attached hydrogens (primary N) is 1. The maximum absolute atomic E-state index is 6.90. The smallest absolute Gasteiger partial charge is 0.130 e. The van der Waals surface area contributed by atoms with Gasteiger partial charge in [0.05, 0.1) is 12.7 Å². The average molecular weight is 444 g/mol. The van der Waals surface area contributed by atoms with E-state index in [1.54, 1.807) is 0 Å². The molecule has 31 heavy (non-hydrogen) atoms. The average Bonchev–Trinajstić information content (AvgIpc) is 2.98. The van der Waals surface area contributed by atoms with Gasteiger partial charge in [-0.15, -0.1) is 0 Å². The van der Waals surface area contributed by atoms with Crippen LogP contribution in [0.5, 0.6) is 0 Å². The molecule has 2 aliphatic heterocycles. The van der Waals surface area contributed by atoms with E-state index in [2.05, 4.69) is 58.5 Å². The van der Waals surface area contributed by atoms with Crippen LogP contribution in [0.1, 0.15) is 70.9 Å². The second kappa shape index (κ2) is 10.6. The predicted molar refractivity (Wildman–Crippen MR) is 134 cm³/mol. The minimum Gasteiger partial charge on any atom is -0.371 e. The lowest BCUT2D eigenvalue weighted by molar-refractivity contribution is 0.258. The Balaban J connectivity index is 1.87. The monoisotopic (exact) mass is 443 g/mol. The topological polar surface area (TPSA) is 57.2 Å². The summed E-state index contributed by atoms with van der Waals surface area (Å²) in [5.41, 5.74) is 9.28.